The minimum absolute atomic E-state index is 0.198. The Morgan fingerprint density at radius 2 is 1.86 bits per heavy atom. The van der Waals surface area contributed by atoms with E-state index in [1.165, 1.54) is 18.9 Å². The molecule has 0 spiro atoms. The highest BCUT2D eigenvalue weighted by Gasteiger charge is 2.21. The monoisotopic (exact) mass is 540 g/mol. The predicted molar refractivity (Wildman–Crippen MR) is 148 cm³/mol. The summed E-state index contributed by atoms with van der Waals surface area (Å²) in [5.41, 5.74) is 2.28. The number of nitrogens with one attached hydrogen (secondary N) is 1. The summed E-state index contributed by atoms with van der Waals surface area (Å²) in [6.07, 6.45) is 2.02. The number of hydrogen-bond acceptors (Lipinski definition) is 7. The van der Waals surface area contributed by atoms with Gasteiger partial charge in [-0.1, -0.05) is 53.5 Å². The fourth-order valence-corrected chi connectivity index (χ4v) is 4.40. The molecular formula is C27H26Cl2N4O4. The molecule has 0 bridgehead atoms. The Morgan fingerprint density at radius 1 is 1.08 bits per heavy atom. The first-order valence-electron chi connectivity index (χ1n) is 11.6. The summed E-state index contributed by atoms with van der Waals surface area (Å²) < 4.78 is 11.6. The Labute approximate surface area is 224 Å². The van der Waals surface area contributed by atoms with E-state index >= 15 is 0 Å². The van der Waals surface area contributed by atoms with Crippen LogP contribution in [0.15, 0.2) is 66.9 Å². The minimum Gasteiger partial charge on any atom is -0.493 e. The quantitative estimate of drug-likeness (QED) is 0.123. The van der Waals surface area contributed by atoms with Gasteiger partial charge in [-0.3, -0.25) is 10.1 Å². The standard InChI is InChI=1S/C27H26Cl2N4O4/c1-32(17-18-7-4-3-5-8-18)11-6-12-37-26-15-23-20(14-25(26)36-2)27(24(16-30-23)33(34)35)31-22-10-9-19(28)13-21(22)29/h3-5,7-10,13-16H,6,11-12,17H2,1-2H3,(H,30,31). The van der Waals surface area contributed by atoms with Crippen molar-refractivity contribution in [3.63, 3.8) is 0 Å². The molecule has 0 unspecified atom stereocenters. The number of nitrogens with zero attached hydrogens (tertiary/aromatic N) is 3. The molecule has 4 aromatic rings. The molecule has 0 radical (unpaired) electrons. The summed E-state index contributed by atoms with van der Waals surface area (Å²) >= 11 is 12.3. The lowest BCUT2D eigenvalue weighted by Crippen LogP contribution is -2.20. The van der Waals surface area contributed by atoms with E-state index in [1.54, 1.807) is 30.3 Å². The zero-order valence-electron chi connectivity index (χ0n) is 20.4. The Kier molecular flexibility index (Phi) is 8.66. The van der Waals surface area contributed by atoms with Crippen molar-refractivity contribution in [3.05, 3.63) is 92.6 Å². The highest BCUT2D eigenvalue weighted by Crippen LogP contribution is 2.41. The maximum absolute atomic E-state index is 11.8. The van der Waals surface area contributed by atoms with Crippen molar-refractivity contribution < 1.29 is 14.4 Å². The number of rotatable bonds is 11. The molecule has 10 heteroatoms. The number of halogens is 2. The third-order valence-corrected chi connectivity index (χ3v) is 6.31. The van der Waals surface area contributed by atoms with Crippen LogP contribution in [0.3, 0.4) is 0 Å². The first-order chi connectivity index (χ1) is 17.9. The van der Waals surface area contributed by atoms with E-state index in [9.17, 15) is 10.1 Å². The lowest BCUT2D eigenvalue weighted by molar-refractivity contribution is -0.384. The van der Waals surface area contributed by atoms with E-state index in [0.717, 1.165) is 19.5 Å². The van der Waals surface area contributed by atoms with Gasteiger partial charge in [0, 0.05) is 29.6 Å². The van der Waals surface area contributed by atoms with Crippen LogP contribution in [0.1, 0.15) is 12.0 Å². The average Bonchev–Trinajstić information content (AvgIpc) is 2.88. The molecule has 3 aromatic carbocycles. The molecule has 1 aromatic heterocycles. The molecule has 0 aliphatic carbocycles. The molecule has 37 heavy (non-hydrogen) atoms. The molecule has 1 heterocycles. The van der Waals surface area contributed by atoms with Crippen molar-refractivity contribution in [2.75, 3.05) is 32.6 Å². The summed E-state index contributed by atoms with van der Waals surface area (Å²) in [5.74, 6) is 0.954. The molecule has 8 nitrogen and oxygen atoms in total. The molecule has 0 atom stereocenters. The molecule has 0 fully saturated rings. The number of pyridine rings is 1. The van der Waals surface area contributed by atoms with Gasteiger partial charge in [0.05, 0.1) is 34.9 Å². The number of benzene rings is 3. The van der Waals surface area contributed by atoms with Gasteiger partial charge in [-0.15, -0.1) is 0 Å². The summed E-state index contributed by atoms with van der Waals surface area (Å²) in [5, 5.41) is 16.1. The molecule has 192 valence electrons. The van der Waals surface area contributed by atoms with Gasteiger partial charge in [0.2, 0.25) is 0 Å². The SMILES string of the molecule is COc1cc2c(Nc3ccc(Cl)cc3Cl)c([N+](=O)[O-])cnc2cc1OCCCN(C)Cc1ccccc1. The summed E-state index contributed by atoms with van der Waals surface area (Å²) in [4.78, 5) is 17.8. The molecule has 1 N–H and O–H groups in total. The maximum Gasteiger partial charge on any atom is 0.311 e. The van der Waals surface area contributed by atoms with Crippen LogP contribution in [0.5, 0.6) is 11.5 Å². The number of anilines is 2. The van der Waals surface area contributed by atoms with Crippen LogP contribution in [0.4, 0.5) is 17.1 Å². The Balaban J connectivity index is 1.53. The number of fused-ring (bicyclic) bond motifs is 1. The van der Waals surface area contributed by atoms with Crippen molar-refractivity contribution in [2.45, 2.75) is 13.0 Å². The highest BCUT2D eigenvalue weighted by atomic mass is 35.5. The fraction of sp³-hybridized carbons (Fsp3) is 0.222. The lowest BCUT2D eigenvalue weighted by Gasteiger charge is -2.18. The van der Waals surface area contributed by atoms with Crippen molar-refractivity contribution in [1.82, 2.24) is 9.88 Å². The van der Waals surface area contributed by atoms with Crippen LogP contribution in [0.25, 0.3) is 10.9 Å². The highest BCUT2D eigenvalue weighted by molar-refractivity contribution is 6.36. The molecule has 0 saturated heterocycles. The van der Waals surface area contributed by atoms with Gasteiger partial charge in [-0.25, -0.2) is 4.98 Å². The van der Waals surface area contributed by atoms with Gasteiger partial charge >= 0.3 is 5.69 Å². The third-order valence-electron chi connectivity index (χ3n) is 5.76. The predicted octanol–water partition coefficient (Wildman–Crippen LogP) is 7.10. The number of hydrogen-bond donors (Lipinski definition) is 1. The molecular weight excluding hydrogens is 515 g/mol. The molecule has 0 amide bonds. The van der Waals surface area contributed by atoms with Gasteiger partial charge in [-0.05, 0) is 43.3 Å². The zero-order valence-corrected chi connectivity index (χ0v) is 21.9. The van der Waals surface area contributed by atoms with Crippen LogP contribution in [0, 0.1) is 10.1 Å². The number of ether oxygens (including phenoxy) is 2. The van der Waals surface area contributed by atoms with E-state index in [0.29, 0.717) is 44.7 Å². The average molecular weight is 541 g/mol. The van der Waals surface area contributed by atoms with Crippen LogP contribution in [-0.4, -0.2) is 42.1 Å². The van der Waals surface area contributed by atoms with Crippen LogP contribution < -0.4 is 14.8 Å². The second-order valence-electron chi connectivity index (χ2n) is 8.47. The number of aromatic nitrogens is 1. The normalized spacial score (nSPS) is 11.1. The maximum atomic E-state index is 11.8. The Bertz CT molecular complexity index is 1400. The molecule has 0 aliphatic heterocycles. The van der Waals surface area contributed by atoms with E-state index in [1.807, 2.05) is 18.2 Å². The first-order valence-corrected chi connectivity index (χ1v) is 12.3. The van der Waals surface area contributed by atoms with E-state index in [4.69, 9.17) is 32.7 Å². The van der Waals surface area contributed by atoms with E-state index < -0.39 is 4.92 Å². The fourth-order valence-electron chi connectivity index (χ4n) is 3.95. The van der Waals surface area contributed by atoms with Crippen LogP contribution in [-0.2, 0) is 6.54 Å². The summed E-state index contributed by atoms with van der Waals surface area (Å²) in [6, 6.07) is 18.6. The van der Waals surface area contributed by atoms with Gasteiger partial charge in [0.15, 0.2) is 11.5 Å². The van der Waals surface area contributed by atoms with Crippen molar-refractivity contribution in [3.8, 4) is 11.5 Å². The summed E-state index contributed by atoms with van der Waals surface area (Å²) in [7, 11) is 3.59. The van der Waals surface area contributed by atoms with Crippen molar-refractivity contribution >= 4 is 51.2 Å². The number of methoxy groups -OCH3 is 1. The van der Waals surface area contributed by atoms with Crippen LogP contribution >= 0.6 is 23.2 Å². The van der Waals surface area contributed by atoms with Gasteiger partial charge < -0.3 is 19.7 Å². The molecule has 0 aliphatic rings. The Morgan fingerprint density at radius 3 is 2.57 bits per heavy atom. The molecule has 4 rings (SSSR count). The number of nitro groups is 1. The largest absolute Gasteiger partial charge is 0.493 e. The topological polar surface area (TPSA) is 89.8 Å². The second-order valence-corrected chi connectivity index (χ2v) is 9.31. The van der Waals surface area contributed by atoms with Crippen LogP contribution in [0.2, 0.25) is 10.0 Å². The van der Waals surface area contributed by atoms with Gasteiger partial charge in [0.25, 0.3) is 0 Å². The first kappa shape index (κ1) is 26.5. The summed E-state index contributed by atoms with van der Waals surface area (Å²) in [6.45, 7) is 2.18. The lowest BCUT2D eigenvalue weighted by atomic mass is 10.1. The van der Waals surface area contributed by atoms with E-state index in [-0.39, 0.29) is 11.4 Å². The van der Waals surface area contributed by atoms with Gasteiger partial charge in [-0.2, -0.15) is 0 Å². The second kappa shape index (κ2) is 12.1. The third kappa shape index (κ3) is 6.60. The van der Waals surface area contributed by atoms with Crippen molar-refractivity contribution in [2.24, 2.45) is 0 Å². The van der Waals surface area contributed by atoms with Gasteiger partial charge in [0.1, 0.15) is 11.9 Å². The van der Waals surface area contributed by atoms with Crippen molar-refractivity contribution in [1.29, 1.82) is 0 Å². The van der Waals surface area contributed by atoms with E-state index in [2.05, 4.69) is 34.4 Å². The smallest absolute Gasteiger partial charge is 0.311 e. The molecule has 0 saturated carbocycles. The Hall–Kier alpha value is -3.59. The minimum atomic E-state index is -0.499. The zero-order chi connectivity index (χ0) is 26.4.